The second-order valence-corrected chi connectivity index (χ2v) is 4.84. The number of allylic oxidation sites excluding steroid dienone is 1. The zero-order valence-corrected chi connectivity index (χ0v) is 12.7. The summed E-state index contributed by atoms with van der Waals surface area (Å²) in [4.78, 5) is 24.6. The number of nitriles is 1. The Balaban J connectivity index is 2.29. The van der Waals surface area contributed by atoms with E-state index >= 15 is 0 Å². The van der Waals surface area contributed by atoms with Crippen LogP contribution in [-0.4, -0.2) is 12.3 Å². The Kier molecular flexibility index (Phi) is 5.43. The molecule has 0 atom stereocenters. The molecule has 0 heterocycles. The highest BCUT2D eigenvalue weighted by Crippen LogP contribution is 2.07. The average Bonchev–Trinajstić information content (AvgIpc) is 2.76. The first-order valence-electron chi connectivity index (χ1n) is 7.25. The van der Waals surface area contributed by atoms with E-state index in [-0.39, 0.29) is 16.8 Å². The fraction of sp³-hybridized carbons (Fsp3) is 0.105. The molecule has 2 aromatic rings. The lowest BCUT2D eigenvalue weighted by molar-refractivity contribution is 0.104. The molecule has 23 heavy (non-hydrogen) atoms. The van der Waals surface area contributed by atoms with Crippen molar-refractivity contribution in [3.8, 4) is 6.07 Å². The van der Waals surface area contributed by atoms with Gasteiger partial charge in [0.05, 0.1) is 22.9 Å². The fourth-order valence-electron chi connectivity index (χ4n) is 2.05. The van der Waals surface area contributed by atoms with Crippen LogP contribution in [0, 0.1) is 11.3 Å². The van der Waals surface area contributed by atoms with Crippen molar-refractivity contribution in [1.82, 2.24) is 0 Å². The molecule has 0 bridgehead atoms. The molecule has 0 unspecified atom stereocenters. The van der Waals surface area contributed by atoms with Crippen molar-refractivity contribution < 1.29 is 4.79 Å². The molecule has 0 aromatic heterocycles. The van der Waals surface area contributed by atoms with Crippen LogP contribution in [0.25, 0.3) is 6.08 Å². The quantitative estimate of drug-likeness (QED) is 0.680. The van der Waals surface area contributed by atoms with Crippen molar-refractivity contribution in [2.24, 2.45) is 0 Å². The van der Waals surface area contributed by atoms with E-state index in [9.17, 15) is 9.59 Å². The van der Waals surface area contributed by atoms with Crippen LogP contribution < -0.4 is 10.7 Å². The standard InChI is InChI=1S/C19H16N2O2/c1-2-21-17-6-4-3-5-16(19(17)23)18(22)12-11-14-7-9-15(13-20)10-8-14/h3-12H,2H2,1H3,(H,21,23)/b12-11+. The predicted octanol–water partition coefficient (Wildman–Crippen LogP) is 3.25. The molecule has 1 N–H and O–H groups in total. The summed E-state index contributed by atoms with van der Waals surface area (Å²) in [5.41, 5.74) is 1.56. The summed E-state index contributed by atoms with van der Waals surface area (Å²) in [5.74, 6) is -0.352. The second-order valence-electron chi connectivity index (χ2n) is 4.84. The molecule has 0 saturated heterocycles. The van der Waals surface area contributed by atoms with Crippen molar-refractivity contribution in [2.45, 2.75) is 6.92 Å². The van der Waals surface area contributed by atoms with Crippen molar-refractivity contribution in [3.05, 3.63) is 81.5 Å². The van der Waals surface area contributed by atoms with Gasteiger partial charge in [0.1, 0.15) is 0 Å². The minimum atomic E-state index is -0.352. The van der Waals surface area contributed by atoms with Gasteiger partial charge >= 0.3 is 0 Å². The number of rotatable bonds is 5. The number of hydrogen-bond acceptors (Lipinski definition) is 4. The summed E-state index contributed by atoms with van der Waals surface area (Å²) in [6.07, 6.45) is 3.00. The Morgan fingerprint density at radius 1 is 1.17 bits per heavy atom. The van der Waals surface area contributed by atoms with E-state index in [1.807, 2.05) is 13.0 Å². The first kappa shape index (κ1) is 16.2. The number of carbonyl (C=O) groups is 1. The van der Waals surface area contributed by atoms with Crippen LogP contribution in [0.5, 0.6) is 0 Å². The van der Waals surface area contributed by atoms with E-state index in [0.29, 0.717) is 17.8 Å². The largest absolute Gasteiger partial charge is 0.382 e. The molecule has 2 rings (SSSR count). The normalized spacial score (nSPS) is 10.3. The number of benzene rings is 1. The van der Waals surface area contributed by atoms with Crippen molar-refractivity contribution in [1.29, 1.82) is 5.26 Å². The highest BCUT2D eigenvalue weighted by Gasteiger charge is 2.08. The second kappa shape index (κ2) is 7.71. The number of nitrogens with one attached hydrogen (secondary N) is 1. The molecule has 4 nitrogen and oxygen atoms in total. The van der Waals surface area contributed by atoms with E-state index < -0.39 is 0 Å². The molecule has 114 valence electrons. The van der Waals surface area contributed by atoms with Crippen LogP contribution in [0.4, 0.5) is 5.69 Å². The van der Waals surface area contributed by atoms with E-state index in [4.69, 9.17) is 5.26 Å². The number of nitrogens with zero attached hydrogens (tertiary/aromatic N) is 1. The topological polar surface area (TPSA) is 70.0 Å². The molecule has 0 aliphatic rings. The van der Waals surface area contributed by atoms with Crippen LogP contribution >= 0.6 is 0 Å². The molecular formula is C19H16N2O2. The number of carbonyl (C=O) groups excluding carboxylic acids is 1. The average molecular weight is 304 g/mol. The van der Waals surface area contributed by atoms with Gasteiger partial charge in [-0.25, -0.2) is 0 Å². The maximum Gasteiger partial charge on any atom is 0.212 e. The molecule has 0 aliphatic carbocycles. The fourth-order valence-corrected chi connectivity index (χ4v) is 2.05. The molecule has 0 aliphatic heterocycles. The van der Waals surface area contributed by atoms with E-state index in [2.05, 4.69) is 5.32 Å². The number of hydrogen-bond donors (Lipinski definition) is 1. The van der Waals surface area contributed by atoms with Gasteiger partial charge in [-0.05, 0) is 42.8 Å². The van der Waals surface area contributed by atoms with Gasteiger partial charge in [-0.2, -0.15) is 5.26 Å². The van der Waals surface area contributed by atoms with Crippen LogP contribution in [0.15, 0.2) is 59.4 Å². The van der Waals surface area contributed by atoms with Gasteiger partial charge in [-0.1, -0.05) is 30.3 Å². The van der Waals surface area contributed by atoms with Gasteiger partial charge in [0, 0.05) is 6.54 Å². The number of anilines is 1. The first-order chi connectivity index (χ1) is 11.2. The maximum absolute atomic E-state index is 12.3. The summed E-state index contributed by atoms with van der Waals surface area (Å²) in [6, 6.07) is 15.5. The molecule has 4 heteroatoms. The van der Waals surface area contributed by atoms with E-state index in [0.717, 1.165) is 5.56 Å². The molecular weight excluding hydrogens is 288 g/mol. The number of ketones is 1. The molecule has 0 fully saturated rings. The van der Waals surface area contributed by atoms with Gasteiger partial charge in [0.2, 0.25) is 5.43 Å². The van der Waals surface area contributed by atoms with Gasteiger partial charge in [-0.3, -0.25) is 9.59 Å². The monoisotopic (exact) mass is 304 g/mol. The van der Waals surface area contributed by atoms with Gasteiger partial charge < -0.3 is 5.32 Å². The molecule has 0 spiro atoms. The zero-order valence-electron chi connectivity index (χ0n) is 12.7. The van der Waals surface area contributed by atoms with Crippen molar-refractivity contribution in [3.63, 3.8) is 0 Å². The van der Waals surface area contributed by atoms with Gasteiger partial charge in [0.15, 0.2) is 5.78 Å². The summed E-state index contributed by atoms with van der Waals surface area (Å²) in [6.45, 7) is 2.49. The Morgan fingerprint density at radius 3 is 2.52 bits per heavy atom. The van der Waals surface area contributed by atoms with Crippen molar-refractivity contribution >= 4 is 17.5 Å². The summed E-state index contributed by atoms with van der Waals surface area (Å²) in [7, 11) is 0. The highest BCUT2D eigenvalue weighted by atomic mass is 16.1. The lowest BCUT2D eigenvalue weighted by atomic mass is 10.1. The molecule has 2 aromatic carbocycles. The van der Waals surface area contributed by atoms with Crippen LogP contribution in [0.1, 0.15) is 28.4 Å². The summed E-state index contributed by atoms with van der Waals surface area (Å²) < 4.78 is 0. The smallest absolute Gasteiger partial charge is 0.212 e. The predicted molar refractivity (Wildman–Crippen MR) is 91.4 cm³/mol. The summed E-state index contributed by atoms with van der Waals surface area (Å²) >= 11 is 0. The molecule has 0 saturated carbocycles. The third-order valence-electron chi connectivity index (χ3n) is 3.23. The van der Waals surface area contributed by atoms with Crippen LogP contribution in [0.3, 0.4) is 0 Å². The third-order valence-corrected chi connectivity index (χ3v) is 3.23. The van der Waals surface area contributed by atoms with Gasteiger partial charge in [0.25, 0.3) is 0 Å². The third kappa shape index (κ3) is 4.14. The minimum Gasteiger partial charge on any atom is -0.382 e. The SMILES string of the molecule is CCNc1ccccc(C(=O)/C=C/c2ccc(C#N)cc2)c1=O. The Labute approximate surface area is 134 Å². The summed E-state index contributed by atoms with van der Waals surface area (Å²) in [5, 5.41) is 11.7. The lowest BCUT2D eigenvalue weighted by Gasteiger charge is -1.99. The Morgan fingerprint density at radius 2 is 1.87 bits per heavy atom. The lowest BCUT2D eigenvalue weighted by Crippen LogP contribution is -2.15. The zero-order chi connectivity index (χ0) is 16.7. The van der Waals surface area contributed by atoms with E-state index in [1.54, 1.807) is 48.5 Å². The maximum atomic E-state index is 12.3. The van der Waals surface area contributed by atoms with Crippen molar-refractivity contribution in [2.75, 3.05) is 11.9 Å². The highest BCUT2D eigenvalue weighted by molar-refractivity contribution is 6.07. The van der Waals surface area contributed by atoms with Gasteiger partial charge in [-0.15, -0.1) is 0 Å². The van der Waals surface area contributed by atoms with Crippen LogP contribution in [-0.2, 0) is 0 Å². The Bertz CT molecular complexity index is 831. The van der Waals surface area contributed by atoms with Crippen LogP contribution in [0.2, 0.25) is 0 Å². The minimum absolute atomic E-state index is 0.121. The molecule has 0 amide bonds. The first-order valence-corrected chi connectivity index (χ1v) is 7.25. The Hall–Kier alpha value is -3.19. The van der Waals surface area contributed by atoms with E-state index in [1.165, 1.54) is 12.1 Å². The molecule has 0 radical (unpaired) electrons.